The molecule has 0 aliphatic carbocycles. The van der Waals surface area contributed by atoms with Crippen molar-refractivity contribution in [2.75, 3.05) is 4.90 Å². The van der Waals surface area contributed by atoms with Crippen LogP contribution < -0.4 is 4.90 Å². The van der Waals surface area contributed by atoms with E-state index in [2.05, 4.69) is 158 Å². The van der Waals surface area contributed by atoms with Crippen LogP contribution in [-0.4, -0.2) is 4.57 Å². The Kier molecular flexibility index (Phi) is 6.10. The molecule has 0 bridgehead atoms. The largest absolute Gasteiger partial charge is 0.456 e. The van der Waals surface area contributed by atoms with E-state index < -0.39 is 0 Å². The average Bonchev–Trinajstić information content (AvgIpc) is 3.81. The maximum absolute atomic E-state index is 6.26. The predicted octanol–water partition coefficient (Wildman–Crippen LogP) is 13.5. The van der Waals surface area contributed by atoms with Crippen molar-refractivity contribution in [2.45, 2.75) is 26.3 Å². The second kappa shape index (κ2) is 10.6. The van der Waals surface area contributed by atoms with E-state index in [1.165, 1.54) is 27.4 Å². The van der Waals surface area contributed by atoms with Crippen LogP contribution in [-0.2, 0) is 5.54 Å². The molecule has 7 aromatic carbocycles. The number of furan rings is 2. The van der Waals surface area contributed by atoms with E-state index in [4.69, 9.17) is 8.83 Å². The minimum Gasteiger partial charge on any atom is -0.456 e. The van der Waals surface area contributed by atoms with Gasteiger partial charge in [-0.1, -0.05) is 78.9 Å². The van der Waals surface area contributed by atoms with Crippen molar-refractivity contribution in [1.29, 1.82) is 0 Å². The van der Waals surface area contributed by atoms with E-state index in [1.54, 1.807) is 0 Å². The highest BCUT2D eigenvalue weighted by atomic mass is 16.3. The minimum atomic E-state index is -0.0661. The summed E-state index contributed by atoms with van der Waals surface area (Å²) in [7, 11) is 0. The van der Waals surface area contributed by atoms with Gasteiger partial charge in [-0.2, -0.15) is 0 Å². The normalized spacial score (nSPS) is 12.3. The number of para-hydroxylation sites is 4. The molecule has 0 spiro atoms. The number of hydrogen-bond acceptors (Lipinski definition) is 3. The van der Waals surface area contributed by atoms with E-state index in [0.717, 1.165) is 66.5 Å². The van der Waals surface area contributed by atoms with Crippen LogP contribution in [0.3, 0.4) is 0 Å². The summed E-state index contributed by atoms with van der Waals surface area (Å²) in [5, 5.41) is 6.91. The highest BCUT2D eigenvalue weighted by Crippen LogP contribution is 2.45. The zero-order chi connectivity index (χ0) is 33.6. The van der Waals surface area contributed by atoms with E-state index in [1.807, 2.05) is 24.3 Å². The molecular weight excluding hydrogens is 613 g/mol. The Morgan fingerprint density at radius 2 is 0.960 bits per heavy atom. The standard InChI is InChI=1S/C46H34N2O2/c1-46(2,3)48-40-17-9-5-13-33(40)36-26-29(20-23-41(36)48)32-12-4-8-16-39(32)47(30-21-24-44-37(27-30)34-14-6-10-18-42(34)49-44)31-22-25-45-38(28-31)35-15-7-11-19-43(35)50-45/h4-28H,1-3H3. The van der Waals surface area contributed by atoms with Gasteiger partial charge < -0.3 is 18.3 Å². The Labute approximate surface area is 289 Å². The summed E-state index contributed by atoms with van der Waals surface area (Å²) in [6, 6.07) is 54.0. The van der Waals surface area contributed by atoms with E-state index in [0.29, 0.717) is 0 Å². The molecule has 0 N–H and O–H groups in total. The SMILES string of the molecule is CC(C)(C)n1c2ccccc2c2cc(-c3ccccc3N(c3ccc4oc5ccccc5c4c3)c3ccc4oc5ccccc5c4c3)ccc21. The first-order chi connectivity index (χ1) is 24.4. The maximum atomic E-state index is 6.26. The number of hydrogen-bond donors (Lipinski definition) is 0. The lowest BCUT2D eigenvalue weighted by Crippen LogP contribution is -2.21. The van der Waals surface area contributed by atoms with E-state index >= 15 is 0 Å². The van der Waals surface area contributed by atoms with Gasteiger partial charge in [-0.15, -0.1) is 0 Å². The summed E-state index contributed by atoms with van der Waals surface area (Å²) in [4.78, 5) is 2.38. The summed E-state index contributed by atoms with van der Waals surface area (Å²) < 4.78 is 15.0. The molecule has 4 heteroatoms. The lowest BCUT2D eigenvalue weighted by Gasteiger charge is -2.28. The summed E-state index contributed by atoms with van der Waals surface area (Å²) in [5.41, 5.74) is 11.5. The van der Waals surface area contributed by atoms with Crippen molar-refractivity contribution in [3.8, 4) is 11.1 Å². The first-order valence-electron chi connectivity index (χ1n) is 17.2. The third-order valence-corrected chi connectivity index (χ3v) is 10.0. The molecule has 0 fully saturated rings. The molecule has 0 radical (unpaired) electrons. The van der Waals surface area contributed by atoms with Crippen molar-refractivity contribution in [3.05, 3.63) is 152 Å². The first kappa shape index (κ1) is 28.7. The van der Waals surface area contributed by atoms with Crippen LogP contribution >= 0.6 is 0 Å². The van der Waals surface area contributed by atoms with Crippen LogP contribution in [0.15, 0.2) is 160 Å². The Hall–Kier alpha value is -6.26. The van der Waals surface area contributed by atoms with Crippen LogP contribution in [0, 0.1) is 0 Å². The summed E-state index contributed by atoms with van der Waals surface area (Å²) in [6.07, 6.45) is 0. The third-order valence-electron chi connectivity index (χ3n) is 10.0. The van der Waals surface area contributed by atoms with Gasteiger partial charge in [-0.25, -0.2) is 0 Å². The second-order valence-corrected chi connectivity index (χ2v) is 14.2. The van der Waals surface area contributed by atoms with Crippen molar-refractivity contribution in [2.24, 2.45) is 0 Å². The van der Waals surface area contributed by atoms with Crippen molar-refractivity contribution < 1.29 is 8.83 Å². The molecule has 0 aliphatic rings. The fraction of sp³-hybridized carbons (Fsp3) is 0.0870. The first-order valence-corrected chi connectivity index (χ1v) is 17.2. The molecule has 3 aromatic heterocycles. The van der Waals surface area contributed by atoms with Gasteiger partial charge in [-0.05, 0) is 99.1 Å². The lowest BCUT2D eigenvalue weighted by atomic mass is 9.99. The average molecular weight is 647 g/mol. The van der Waals surface area contributed by atoms with Gasteiger partial charge >= 0.3 is 0 Å². The lowest BCUT2D eigenvalue weighted by molar-refractivity contribution is 0.423. The molecule has 0 saturated carbocycles. The molecule has 0 aliphatic heterocycles. The van der Waals surface area contributed by atoms with Crippen LogP contribution in [0.5, 0.6) is 0 Å². The summed E-state index contributed by atoms with van der Waals surface area (Å²) in [6.45, 7) is 6.83. The summed E-state index contributed by atoms with van der Waals surface area (Å²) in [5.74, 6) is 0. The molecule has 10 aromatic rings. The van der Waals surface area contributed by atoms with Gasteiger partial charge in [0, 0.05) is 65.8 Å². The monoisotopic (exact) mass is 646 g/mol. The molecule has 0 atom stereocenters. The Bertz CT molecular complexity index is 2820. The Morgan fingerprint density at radius 1 is 0.440 bits per heavy atom. The number of rotatable bonds is 4. The minimum absolute atomic E-state index is 0.0661. The fourth-order valence-corrected chi connectivity index (χ4v) is 7.91. The van der Waals surface area contributed by atoms with Gasteiger partial charge in [0.25, 0.3) is 0 Å². The molecule has 240 valence electrons. The molecule has 3 heterocycles. The molecule has 50 heavy (non-hydrogen) atoms. The van der Waals surface area contributed by atoms with E-state index in [-0.39, 0.29) is 5.54 Å². The fourth-order valence-electron chi connectivity index (χ4n) is 7.91. The zero-order valence-corrected chi connectivity index (χ0v) is 28.1. The predicted molar refractivity (Wildman–Crippen MR) is 209 cm³/mol. The van der Waals surface area contributed by atoms with Gasteiger partial charge in [0.2, 0.25) is 0 Å². The van der Waals surface area contributed by atoms with Crippen molar-refractivity contribution >= 4 is 82.7 Å². The number of anilines is 3. The highest BCUT2D eigenvalue weighted by molar-refractivity contribution is 6.11. The van der Waals surface area contributed by atoms with Gasteiger partial charge in [0.15, 0.2) is 0 Å². The van der Waals surface area contributed by atoms with Crippen molar-refractivity contribution in [3.63, 3.8) is 0 Å². The topological polar surface area (TPSA) is 34.5 Å². The van der Waals surface area contributed by atoms with Gasteiger partial charge in [-0.3, -0.25) is 0 Å². The van der Waals surface area contributed by atoms with Crippen LogP contribution in [0.25, 0.3) is 76.8 Å². The number of benzene rings is 7. The van der Waals surface area contributed by atoms with Crippen LogP contribution in [0.1, 0.15) is 20.8 Å². The number of fused-ring (bicyclic) bond motifs is 9. The van der Waals surface area contributed by atoms with E-state index in [9.17, 15) is 0 Å². The smallest absolute Gasteiger partial charge is 0.135 e. The molecule has 0 amide bonds. The van der Waals surface area contributed by atoms with Gasteiger partial charge in [0.1, 0.15) is 22.3 Å². The molecule has 0 unspecified atom stereocenters. The Morgan fingerprint density at radius 3 is 1.60 bits per heavy atom. The van der Waals surface area contributed by atoms with Gasteiger partial charge in [0.05, 0.1) is 5.69 Å². The van der Waals surface area contributed by atoms with Crippen molar-refractivity contribution in [1.82, 2.24) is 4.57 Å². The highest BCUT2D eigenvalue weighted by Gasteiger charge is 2.23. The Balaban J connectivity index is 1.23. The maximum Gasteiger partial charge on any atom is 0.135 e. The quantitative estimate of drug-likeness (QED) is 0.191. The third kappa shape index (κ3) is 4.31. The second-order valence-electron chi connectivity index (χ2n) is 14.2. The number of nitrogens with zero attached hydrogens (tertiary/aromatic N) is 2. The zero-order valence-electron chi connectivity index (χ0n) is 28.1. The molecule has 4 nitrogen and oxygen atoms in total. The molecule has 0 saturated heterocycles. The molecular formula is C46H34N2O2. The molecule has 10 rings (SSSR count). The van der Waals surface area contributed by atoms with Crippen LogP contribution in [0.4, 0.5) is 17.1 Å². The van der Waals surface area contributed by atoms with Crippen LogP contribution in [0.2, 0.25) is 0 Å². The number of aromatic nitrogens is 1. The summed E-state index contributed by atoms with van der Waals surface area (Å²) >= 11 is 0.